The summed E-state index contributed by atoms with van der Waals surface area (Å²) in [6.07, 6.45) is 0.939. The molecule has 0 saturated carbocycles. The zero-order chi connectivity index (χ0) is 24.2. The largest absolute Gasteiger partial charge is 0.416 e. The number of piperidine rings is 1. The lowest BCUT2D eigenvalue weighted by atomic mass is 9.99. The van der Waals surface area contributed by atoms with E-state index in [0.29, 0.717) is 18.2 Å². The van der Waals surface area contributed by atoms with Crippen molar-refractivity contribution in [2.75, 3.05) is 13.1 Å². The minimum Gasteiger partial charge on any atom is -0.296 e. The van der Waals surface area contributed by atoms with Gasteiger partial charge in [0.15, 0.2) is 5.82 Å². The third-order valence-electron chi connectivity index (χ3n) is 6.88. The summed E-state index contributed by atoms with van der Waals surface area (Å²) in [5, 5.41) is 13.7. The first-order chi connectivity index (χ1) is 16.8. The summed E-state index contributed by atoms with van der Waals surface area (Å²) in [6.45, 7) is 4.96. The quantitative estimate of drug-likeness (QED) is 0.390. The second-order valence-corrected chi connectivity index (χ2v) is 10.5. The maximum absolute atomic E-state index is 13.2. The van der Waals surface area contributed by atoms with Crippen molar-refractivity contribution in [1.29, 1.82) is 0 Å². The first-order valence-electron chi connectivity index (χ1n) is 11.9. The Kier molecular flexibility index (Phi) is 5.56. The monoisotopic (exact) mass is 499 g/mol. The van der Waals surface area contributed by atoms with Gasteiger partial charge in [-0.25, -0.2) is 9.97 Å². The first kappa shape index (κ1) is 22.5. The van der Waals surface area contributed by atoms with Crippen molar-refractivity contribution < 1.29 is 13.2 Å². The third-order valence-corrected chi connectivity index (χ3v) is 8.07. The number of nitrogens with zero attached hydrogens (tertiary/aromatic N) is 7. The molecule has 0 bridgehead atoms. The van der Waals surface area contributed by atoms with Gasteiger partial charge < -0.3 is 0 Å². The van der Waals surface area contributed by atoms with E-state index in [1.807, 2.05) is 0 Å². The standard InChI is InChI=1S/C24H24F3N7S/c1-14-8-10-33(11-9-14)13-19-28-22(20-17-6-3-7-18(17)35-23(20)29-19)34-31-21(30-32-34)15-4-2-5-16(12-15)24(25,26)27/h2,4-5,12,14H,3,6-11,13H2,1H3. The summed E-state index contributed by atoms with van der Waals surface area (Å²) in [4.78, 5) is 15.7. The van der Waals surface area contributed by atoms with Crippen molar-refractivity contribution in [1.82, 2.24) is 35.1 Å². The van der Waals surface area contributed by atoms with E-state index in [2.05, 4.69) is 27.2 Å². The fourth-order valence-electron chi connectivity index (χ4n) is 4.91. The van der Waals surface area contributed by atoms with Crippen molar-refractivity contribution >= 4 is 21.6 Å². The summed E-state index contributed by atoms with van der Waals surface area (Å²) >= 11 is 1.70. The molecule has 1 aromatic carbocycles. The van der Waals surface area contributed by atoms with E-state index in [9.17, 15) is 13.2 Å². The van der Waals surface area contributed by atoms with E-state index in [4.69, 9.17) is 9.97 Å². The minimum atomic E-state index is -4.44. The number of benzene rings is 1. The highest BCUT2D eigenvalue weighted by atomic mass is 32.1. The number of likely N-dealkylation sites (tertiary alicyclic amines) is 1. The van der Waals surface area contributed by atoms with Crippen LogP contribution in [0.3, 0.4) is 0 Å². The van der Waals surface area contributed by atoms with Gasteiger partial charge in [0.1, 0.15) is 10.7 Å². The number of hydrogen-bond donors (Lipinski definition) is 0. The minimum absolute atomic E-state index is 0.126. The summed E-state index contributed by atoms with van der Waals surface area (Å²) < 4.78 is 39.6. The average molecular weight is 500 g/mol. The molecule has 1 fully saturated rings. The number of halogens is 3. The molecule has 35 heavy (non-hydrogen) atoms. The Morgan fingerprint density at radius 3 is 2.74 bits per heavy atom. The summed E-state index contributed by atoms with van der Waals surface area (Å²) in [7, 11) is 0. The van der Waals surface area contributed by atoms with Crippen LogP contribution in [-0.2, 0) is 25.6 Å². The van der Waals surface area contributed by atoms with Crippen LogP contribution in [0, 0.1) is 5.92 Å². The van der Waals surface area contributed by atoms with E-state index in [1.54, 1.807) is 17.4 Å². The lowest BCUT2D eigenvalue weighted by Gasteiger charge is -2.29. The number of rotatable bonds is 4. The summed E-state index contributed by atoms with van der Waals surface area (Å²) in [6, 6.07) is 4.98. The molecule has 4 heterocycles. The maximum Gasteiger partial charge on any atom is 0.416 e. The number of fused-ring (bicyclic) bond motifs is 3. The molecule has 1 aliphatic heterocycles. The molecule has 182 valence electrons. The Balaban J connectivity index is 1.40. The van der Waals surface area contributed by atoms with Gasteiger partial charge in [-0.15, -0.1) is 26.3 Å². The zero-order valence-corrected chi connectivity index (χ0v) is 20.0. The fourth-order valence-corrected chi connectivity index (χ4v) is 6.18. The highest BCUT2D eigenvalue weighted by Crippen LogP contribution is 2.39. The van der Waals surface area contributed by atoms with Crippen LogP contribution in [0.2, 0.25) is 0 Å². The highest BCUT2D eigenvalue weighted by Gasteiger charge is 2.31. The van der Waals surface area contributed by atoms with Crippen LogP contribution in [0.15, 0.2) is 24.3 Å². The summed E-state index contributed by atoms with van der Waals surface area (Å²) in [5.74, 6) is 2.13. The number of aryl methyl sites for hydroxylation is 2. The Morgan fingerprint density at radius 1 is 1.11 bits per heavy atom. The van der Waals surface area contributed by atoms with E-state index in [0.717, 1.165) is 73.5 Å². The zero-order valence-electron chi connectivity index (χ0n) is 19.2. The second-order valence-electron chi connectivity index (χ2n) is 9.44. The summed E-state index contributed by atoms with van der Waals surface area (Å²) in [5.41, 5.74) is 0.746. The molecular weight excluding hydrogens is 475 g/mol. The lowest BCUT2D eigenvalue weighted by molar-refractivity contribution is -0.137. The third kappa shape index (κ3) is 4.31. The van der Waals surface area contributed by atoms with E-state index < -0.39 is 11.7 Å². The molecule has 0 amide bonds. The van der Waals surface area contributed by atoms with E-state index >= 15 is 0 Å². The predicted molar refractivity (Wildman–Crippen MR) is 126 cm³/mol. The van der Waals surface area contributed by atoms with Crippen molar-refractivity contribution in [3.8, 4) is 17.2 Å². The van der Waals surface area contributed by atoms with Crippen molar-refractivity contribution in [2.24, 2.45) is 5.92 Å². The van der Waals surface area contributed by atoms with Crippen molar-refractivity contribution in [3.05, 3.63) is 46.1 Å². The molecule has 2 aliphatic rings. The Labute approximate surface area is 204 Å². The topological polar surface area (TPSA) is 72.6 Å². The molecule has 0 atom stereocenters. The highest BCUT2D eigenvalue weighted by molar-refractivity contribution is 7.19. The van der Waals surface area contributed by atoms with Crippen LogP contribution in [0.4, 0.5) is 13.2 Å². The molecule has 0 N–H and O–H groups in total. The second kappa shape index (κ2) is 8.63. The molecular formula is C24H24F3N7S. The number of aromatic nitrogens is 6. The Bertz CT molecular complexity index is 1390. The predicted octanol–water partition coefficient (Wildman–Crippen LogP) is 5.07. The Morgan fingerprint density at radius 2 is 1.94 bits per heavy atom. The number of tetrazole rings is 1. The van der Waals surface area contributed by atoms with Crippen LogP contribution >= 0.6 is 11.3 Å². The molecule has 3 aromatic heterocycles. The lowest BCUT2D eigenvalue weighted by Crippen LogP contribution is -2.33. The van der Waals surface area contributed by atoms with Crippen molar-refractivity contribution in [2.45, 2.75) is 51.7 Å². The SMILES string of the molecule is CC1CCN(Cc2nc(-n3nnc(-c4cccc(C(F)(F)F)c4)n3)c3c4c(sc3n2)CCC4)CC1. The molecule has 0 unspecified atom stereocenters. The first-order valence-corrected chi connectivity index (χ1v) is 12.7. The molecule has 1 aliphatic carbocycles. The Hall–Kier alpha value is -2.92. The van der Waals surface area contributed by atoms with Gasteiger partial charge in [-0.2, -0.15) is 13.2 Å². The van der Waals surface area contributed by atoms with Gasteiger partial charge in [0, 0.05) is 10.4 Å². The average Bonchev–Trinajstić information content (AvgIpc) is 3.56. The van der Waals surface area contributed by atoms with Crippen LogP contribution in [0.1, 0.15) is 48.0 Å². The number of thiophene rings is 1. The number of hydrogen-bond acceptors (Lipinski definition) is 7. The van der Waals surface area contributed by atoms with E-state index in [1.165, 1.54) is 21.3 Å². The van der Waals surface area contributed by atoms with Crippen molar-refractivity contribution in [3.63, 3.8) is 0 Å². The van der Waals surface area contributed by atoms with Crippen LogP contribution < -0.4 is 0 Å². The van der Waals surface area contributed by atoms with Crippen LogP contribution in [0.25, 0.3) is 27.4 Å². The van der Waals surface area contributed by atoms with Gasteiger partial charge >= 0.3 is 6.18 Å². The van der Waals surface area contributed by atoms with Gasteiger partial charge in [-0.05, 0) is 74.0 Å². The number of alkyl halides is 3. The van der Waals surface area contributed by atoms with Gasteiger partial charge in [0.2, 0.25) is 5.82 Å². The molecule has 7 nitrogen and oxygen atoms in total. The van der Waals surface area contributed by atoms with Gasteiger partial charge in [-0.1, -0.05) is 19.1 Å². The van der Waals surface area contributed by atoms with Crippen LogP contribution in [-0.4, -0.2) is 48.2 Å². The molecule has 1 saturated heterocycles. The van der Waals surface area contributed by atoms with Gasteiger partial charge in [0.25, 0.3) is 0 Å². The van der Waals surface area contributed by atoms with E-state index in [-0.39, 0.29) is 11.4 Å². The molecule has 0 spiro atoms. The molecule has 4 aromatic rings. The molecule has 11 heteroatoms. The fraction of sp³-hybridized carbons (Fsp3) is 0.458. The normalized spacial score (nSPS) is 17.4. The molecule has 0 radical (unpaired) electrons. The molecule has 6 rings (SSSR count). The maximum atomic E-state index is 13.2. The van der Waals surface area contributed by atoms with Gasteiger partial charge in [0.05, 0.1) is 17.5 Å². The van der Waals surface area contributed by atoms with Crippen LogP contribution in [0.5, 0.6) is 0 Å². The smallest absolute Gasteiger partial charge is 0.296 e. The van der Waals surface area contributed by atoms with Gasteiger partial charge in [-0.3, -0.25) is 4.90 Å².